The van der Waals surface area contributed by atoms with Crippen LogP contribution in [0.2, 0.25) is 0 Å². The monoisotopic (exact) mass is 142 g/mol. The predicted molar refractivity (Wildman–Crippen MR) is 43.7 cm³/mol. The molecular weight excluding hydrogens is 124 g/mol. The van der Waals surface area contributed by atoms with Crippen molar-refractivity contribution in [2.24, 2.45) is 0 Å². The zero-order valence-corrected chi connectivity index (χ0v) is 7.44. The summed E-state index contributed by atoms with van der Waals surface area (Å²) in [5.74, 6) is 0. The number of hydrogen-bond acceptors (Lipinski definition) is 2. The highest BCUT2D eigenvalue weighted by molar-refractivity contribution is 4.84. The second-order valence-corrected chi connectivity index (χ2v) is 4.03. The van der Waals surface area contributed by atoms with Gasteiger partial charge in [-0.15, -0.1) is 0 Å². The normalized spacial score (nSPS) is 26.1. The molecule has 0 aromatic heterocycles. The first kappa shape index (κ1) is 8.02. The Balaban J connectivity index is 2.43. The Hall–Kier alpha value is -0.0800. The molecule has 1 heterocycles. The number of hydrazine groups is 1. The summed E-state index contributed by atoms with van der Waals surface area (Å²) in [6, 6.07) is 0.627. The second-order valence-electron chi connectivity index (χ2n) is 4.03. The maximum absolute atomic E-state index is 3.46. The lowest BCUT2D eigenvalue weighted by Gasteiger charge is -2.24. The van der Waals surface area contributed by atoms with E-state index in [0.717, 1.165) is 0 Å². The molecule has 1 N–H and O–H groups in total. The molecule has 0 bridgehead atoms. The highest BCUT2D eigenvalue weighted by Gasteiger charge is 2.29. The van der Waals surface area contributed by atoms with E-state index in [1.54, 1.807) is 0 Å². The van der Waals surface area contributed by atoms with Gasteiger partial charge >= 0.3 is 0 Å². The van der Waals surface area contributed by atoms with Gasteiger partial charge in [0.2, 0.25) is 0 Å². The minimum absolute atomic E-state index is 0.324. The van der Waals surface area contributed by atoms with Crippen LogP contribution in [0.4, 0.5) is 0 Å². The second kappa shape index (κ2) is 2.51. The van der Waals surface area contributed by atoms with Crippen LogP contribution in [-0.4, -0.2) is 23.1 Å². The van der Waals surface area contributed by atoms with Gasteiger partial charge in [-0.1, -0.05) is 0 Å². The van der Waals surface area contributed by atoms with Gasteiger partial charge in [0, 0.05) is 18.1 Å². The van der Waals surface area contributed by atoms with E-state index in [4.69, 9.17) is 0 Å². The van der Waals surface area contributed by atoms with E-state index in [1.165, 1.54) is 13.0 Å². The van der Waals surface area contributed by atoms with Crippen LogP contribution in [0.3, 0.4) is 0 Å². The van der Waals surface area contributed by atoms with Gasteiger partial charge in [0.15, 0.2) is 0 Å². The van der Waals surface area contributed by atoms with Crippen LogP contribution in [0, 0.1) is 0 Å². The molecular formula is C8H18N2. The van der Waals surface area contributed by atoms with E-state index in [2.05, 4.69) is 38.1 Å². The van der Waals surface area contributed by atoms with E-state index in [1.807, 2.05) is 0 Å². The van der Waals surface area contributed by atoms with E-state index in [0.29, 0.717) is 11.6 Å². The lowest BCUT2D eigenvalue weighted by Crippen LogP contribution is -2.44. The number of nitrogens with zero attached hydrogens (tertiary/aromatic N) is 1. The molecule has 1 aliphatic rings. The first-order valence-corrected chi connectivity index (χ1v) is 4.06. The van der Waals surface area contributed by atoms with E-state index in [9.17, 15) is 0 Å². The third kappa shape index (κ3) is 1.70. The highest BCUT2D eigenvalue weighted by atomic mass is 15.6. The Morgan fingerprint density at radius 3 is 2.20 bits per heavy atom. The third-order valence-corrected chi connectivity index (χ3v) is 2.05. The van der Waals surface area contributed by atoms with Gasteiger partial charge < -0.3 is 0 Å². The summed E-state index contributed by atoms with van der Waals surface area (Å²) >= 11 is 0. The van der Waals surface area contributed by atoms with Crippen molar-refractivity contribution in [3.8, 4) is 0 Å². The van der Waals surface area contributed by atoms with Gasteiger partial charge in [-0.25, -0.2) is 10.4 Å². The lowest BCUT2D eigenvalue weighted by atomic mass is 10.0. The van der Waals surface area contributed by atoms with Crippen molar-refractivity contribution in [3.05, 3.63) is 0 Å². The van der Waals surface area contributed by atoms with Crippen LogP contribution in [0.15, 0.2) is 0 Å². The number of rotatable bonds is 1. The number of hydrogen-bond donors (Lipinski definition) is 1. The number of nitrogens with one attached hydrogen (secondary N) is 1. The van der Waals surface area contributed by atoms with Gasteiger partial charge in [0.05, 0.1) is 0 Å². The molecule has 10 heavy (non-hydrogen) atoms. The van der Waals surface area contributed by atoms with E-state index >= 15 is 0 Å². The zero-order chi connectivity index (χ0) is 7.78. The molecule has 0 saturated carbocycles. The first-order chi connectivity index (χ1) is 4.51. The average Bonchev–Trinajstić information content (AvgIpc) is 2.10. The summed E-state index contributed by atoms with van der Waals surface area (Å²) in [4.78, 5) is 0. The Morgan fingerprint density at radius 1 is 1.40 bits per heavy atom. The topological polar surface area (TPSA) is 15.3 Å². The molecule has 0 radical (unpaired) electrons. The molecule has 0 amide bonds. The molecule has 0 unspecified atom stereocenters. The highest BCUT2D eigenvalue weighted by Crippen LogP contribution is 2.18. The van der Waals surface area contributed by atoms with Crippen LogP contribution in [0.25, 0.3) is 0 Å². The fraction of sp³-hybridized carbons (Fsp3) is 1.00. The Bertz CT molecular complexity index is 118. The predicted octanol–water partition coefficient (Wildman–Crippen LogP) is 1.38. The zero-order valence-electron chi connectivity index (χ0n) is 7.44. The third-order valence-electron chi connectivity index (χ3n) is 2.05. The molecule has 1 rings (SSSR count). The fourth-order valence-corrected chi connectivity index (χ4v) is 1.29. The van der Waals surface area contributed by atoms with Crippen LogP contribution < -0.4 is 5.43 Å². The molecule has 1 fully saturated rings. The Labute approximate surface area is 63.6 Å². The molecule has 2 nitrogen and oxygen atoms in total. The van der Waals surface area contributed by atoms with Crippen LogP contribution >= 0.6 is 0 Å². The van der Waals surface area contributed by atoms with Crippen LogP contribution in [-0.2, 0) is 0 Å². The molecule has 0 aromatic rings. The maximum atomic E-state index is 3.46. The maximum Gasteiger partial charge on any atom is 0.0282 e. The Kier molecular flexibility index (Phi) is 2.02. The summed E-state index contributed by atoms with van der Waals surface area (Å²) in [5.41, 5.74) is 3.79. The van der Waals surface area contributed by atoms with Crippen molar-refractivity contribution in [1.82, 2.24) is 10.4 Å². The molecule has 1 saturated heterocycles. The standard InChI is InChI=1S/C8H18N2/c1-7(2)10-6-5-8(3,4)9-10/h7,9H,5-6H2,1-4H3. The first-order valence-electron chi connectivity index (χ1n) is 4.06. The summed E-state index contributed by atoms with van der Waals surface area (Å²) < 4.78 is 0. The fourth-order valence-electron chi connectivity index (χ4n) is 1.29. The van der Waals surface area contributed by atoms with Gasteiger partial charge in [0.1, 0.15) is 0 Å². The van der Waals surface area contributed by atoms with Crippen LogP contribution in [0.5, 0.6) is 0 Å². The van der Waals surface area contributed by atoms with E-state index < -0.39 is 0 Å². The minimum Gasteiger partial charge on any atom is -0.249 e. The lowest BCUT2D eigenvalue weighted by molar-refractivity contribution is 0.166. The SMILES string of the molecule is CC(C)N1CCC(C)(C)N1. The summed E-state index contributed by atoms with van der Waals surface area (Å²) in [7, 11) is 0. The quantitative estimate of drug-likeness (QED) is 0.595. The van der Waals surface area contributed by atoms with Gasteiger partial charge in [0.25, 0.3) is 0 Å². The molecule has 0 atom stereocenters. The van der Waals surface area contributed by atoms with Crippen molar-refractivity contribution in [3.63, 3.8) is 0 Å². The molecule has 60 valence electrons. The average molecular weight is 142 g/mol. The minimum atomic E-state index is 0.324. The van der Waals surface area contributed by atoms with Gasteiger partial charge in [-0.2, -0.15) is 0 Å². The Morgan fingerprint density at radius 2 is 2.00 bits per heavy atom. The summed E-state index contributed by atoms with van der Waals surface area (Å²) in [5, 5.41) is 2.31. The summed E-state index contributed by atoms with van der Waals surface area (Å²) in [6.45, 7) is 10.1. The van der Waals surface area contributed by atoms with Crippen molar-refractivity contribution >= 4 is 0 Å². The van der Waals surface area contributed by atoms with Gasteiger partial charge in [-0.3, -0.25) is 0 Å². The largest absolute Gasteiger partial charge is 0.249 e. The molecule has 2 heteroatoms. The smallest absolute Gasteiger partial charge is 0.0282 e. The molecule has 0 spiro atoms. The van der Waals surface area contributed by atoms with E-state index in [-0.39, 0.29) is 0 Å². The van der Waals surface area contributed by atoms with Crippen molar-refractivity contribution < 1.29 is 0 Å². The molecule has 1 aliphatic heterocycles. The summed E-state index contributed by atoms with van der Waals surface area (Å²) in [6.07, 6.45) is 1.26. The van der Waals surface area contributed by atoms with Crippen LogP contribution in [0.1, 0.15) is 34.1 Å². The molecule has 0 aliphatic carbocycles. The van der Waals surface area contributed by atoms with Crippen molar-refractivity contribution in [2.75, 3.05) is 6.54 Å². The van der Waals surface area contributed by atoms with Crippen molar-refractivity contribution in [2.45, 2.75) is 45.7 Å². The molecule has 0 aromatic carbocycles. The van der Waals surface area contributed by atoms with Crippen molar-refractivity contribution in [1.29, 1.82) is 0 Å². The van der Waals surface area contributed by atoms with Gasteiger partial charge in [-0.05, 0) is 34.1 Å².